The standard InChI is InChI=1S/C21H12ClFN2O4S/c22-12-1-8-16(9-2-12)30-18-10-7-15(29-18)11-17-19(26)24-21(28)25(20(17)27)14-5-3-13(23)4-6-14/h1-11H,(H,24,26,28). The maximum absolute atomic E-state index is 13.2. The van der Waals surface area contributed by atoms with Gasteiger partial charge in [-0.3, -0.25) is 14.9 Å². The lowest BCUT2D eigenvalue weighted by molar-refractivity contribution is -0.122. The summed E-state index contributed by atoms with van der Waals surface area (Å²) in [6.07, 6.45) is 1.26. The van der Waals surface area contributed by atoms with E-state index in [-0.39, 0.29) is 17.0 Å². The van der Waals surface area contributed by atoms with Crippen LogP contribution in [0.2, 0.25) is 5.02 Å². The molecule has 1 saturated heterocycles. The number of carbonyl (C=O) groups excluding carboxylic acids is 3. The van der Waals surface area contributed by atoms with Gasteiger partial charge < -0.3 is 4.42 Å². The predicted molar refractivity (Wildman–Crippen MR) is 110 cm³/mol. The van der Waals surface area contributed by atoms with Crippen LogP contribution in [-0.4, -0.2) is 17.8 Å². The molecule has 6 nitrogen and oxygen atoms in total. The maximum Gasteiger partial charge on any atom is 0.335 e. The number of nitrogens with one attached hydrogen (secondary N) is 1. The van der Waals surface area contributed by atoms with Gasteiger partial charge in [0.05, 0.1) is 5.69 Å². The summed E-state index contributed by atoms with van der Waals surface area (Å²) in [4.78, 5) is 38.8. The van der Waals surface area contributed by atoms with Gasteiger partial charge in [-0.05, 0) is 66.7 Å². The fourth-order valence-corrected chi connectivity index (χ4v) is 3.61. The van der Waals surface area contributed by atoms with E-state index in [0.29, 0.717) is 10.1 Å². The van der Waals surface area contributed by atoms with Crippen LogP contribution in [0.15, 0.2) is 80.6 Å². The van der Waals surface area contributed by atoms with Crippen LogP contribution in [-0.2, 0) is 9.59 Å². The number of furan rings is 1. The summed E-state index contributed by atoms with van der Waals surface area (Å²) in [5.41, 5.74) is -0.146. The van der Waals surface area contributed by atoms with Gasteiger partial charge in [-0.2, -0.15) is 0 Å². The Hall–Kier alpha value is -3.36. The highest BCUT2D eigenvalue weighted by molar-refractivity contribution is 7.99. The summed E-state index contributed by atoms with van der Waals surface area (Å²) in [5.74, 6) is -1.93. The molecule has 0 saturated carbocycles. The lowest BCUT2D eigenvalue weighted by Crippen LogP contribution is -2.54. The first-order valence-electron chi connectivity index (χ1n) is 8.61. The number of amides is 4. The van der Waals surface area contributed by atoms with Gasteiger partial charge >= 0.3 is 6.03 Å². The number of carbonyl (C=O) groups is 3. The van der Waals surface area contributed by atoms with E-state index < -0.39 is 23.7 Å². The van der Waals surface area contributed by atoms with Crippen LogP contribution in [0.1, 0.15) is 5.76 Å². The van der Waals surface area contributed by atoms with Gasteiger partial charge in [-0.15, -0.1) is 0 Å². The Labute approximate surface area is 179 Å². The topological polar surface area (TPSA) is 79.6 Å². The number of imide groups is 2. The second-order valence-corrected chi connectivity index (χ2v) is 7.66. The van der Waals surface area contributed by atoms with Crippen LogP contribution in [0.5, 0.6) is 0 Å². The van der Waals surface area contributed by atoms with Crippen LogP contribution >= 0.6 is 23.4 Å². The van der Waals surface area contributed by atoms with Crippen molar-refractivity contribution in [2.24, 2.45) is 0 Å². The minimum atomic E-state index is -0.910. The van der Waals surface area contributed by atoms with E-state index in [4.69, 9.17) is 16.0 Å². The van der Waals surface area contributed by atoms with Crippen molar-refractivity contribution in [2.75, 3.05) is 4.90 Å². The highest BCUT2D eigenvalue weighted by Crippen LogP contribution is 2.31. The van der Waals surface area contributed by atoms with Crippen LogP contribution in [0.25, 0.3) is 6.08 Å². The van der Waals surface area contributed by atoms with Gasteiger partial charge in [-0.1, -0.05) is 23.4 Å². The monoisotopic (exact) mass is 442 g/mol. The molecule has 2 aromatic carbocycles. The predicted octanol–water partition coefficient (Wildman–Crippen LogP) is 4.89. The molecule has 0 radical (unpaired) electrons. The summed E-state index contributed by atoms with van der Waals surface area (Å²) < 4.78 is 18.8. The van der Waals surface area contributed by atoms with Gasteiger partial charge in [0.25, 0.3) is 11.8 Å². The molecule has 1 N–H and O–H groups in total. The zero-order valence-corrected chi connectivity index (χ0v) is 16.7. The summed E-state index contributed by atoms with van der Waals surface area (Å²) in [5, 5.41) is 3.26. The molecule has 150 valence electrons. The zero-order valence-electron chi connectivity index (χ0n) is 15.1. The summed E-state index contributed by atoms with van der Waals surface area (Å²) in [6, 6.07) is 14.3. The molecular formula is C21H12ClFN2O4S. The highest BCUT2D eigenvalue weighted by atomic mass is 35.5. The quantitative estimate of drug-likeness (QED) is 0.459. The van der Waals surface area contributed by atoms with Crippen molar-refractivity contribution in [1.82, 2.24) is 5.32 Å². The highest BCUT2D eigenvalue weighted by Gasteiger charge is 2.37. The molecule has 0 unspecified atom stereocenters. The van der Waals surface area contributed by atoms with Crippen molar-refractivity contribution >= 4 is 53.0 Å². The average Bonchev–Trinajstić information content (AvgIpc) is 3.15. The largest absolute Gasteiger partial charge is 0.450 e. The van der Waals surface area contributed by atoms with E-state index in [1.165, 1.54) is 30.0 Å². The van der Waals surface area contributed by atoms with Crippen molar-refractivity contribution in [3.05, 3.63) is 82.8 Å². The Kier molecular flexibility index (Phi) is 5.43. The molecule has 2 heterocycles. The van der Waals surface area contributed by atoms with E-state index in [1.807, 2.05) is 12.1 Å². The van der Waals surface area contributed by atoms with E-state index in [9.17, 15) is 18.8 Å². The Morgan fingerprint density at radius 2 is 1.67 bits per heavy atom. The van der Waals surface area contributed by atoms with E-state index >= 15 is 0 Å². The normalized spacial score (nSPS) is 15.6. The van der Waals surface area contributed by atoms with Gasteiger partial charge in [0.2, 0.25) is 0 Å². The lowest BCUT2D eigenvalue weighted by Gasteiger charge is -2.26. The van der Waals surface area contributed by atoms with Gasteiger partial charge in [0.15, 0.2) is 5.09 Å². The molecule has 1 aliphatic heterocycles. The number of urea groups is 1. The van der Waals surface area contributed by atoms with Gasteiger partial charge in [0.1, 0.15) is 17.2 Å². The number of halogens is 2. The Morgan fingerprint density at radius 1 is 0.967 bits per heavy atom. The minimum absolute atomic E-state index is 0.135. The number of hydrogen-bond acceptors (Lipinski definition) is 5. The Bertz CT molecular complexity index is 1170. The molecule has 0 spiro atoms. The Balaban J connectivity index is 1.59. The van der Waals surface area contributed by atoms with Crippen molar-refractivity contribution in [2.45, 2.75) is 9.99 Å². The fraction of sp³-hybridized carbons (Fsp3) is 0. The zero-order chi connectivity index (χ0) is 21.3. The van der Waals surface area contributed by atoms with Crippen LogP contribution in [0.3, 0.4) is 0 Å². The van der Waals surface area contributed by atoms with Gasteiger partial charge in [0, 0.05) is 9.92 Å². The lowest BCUT2D eigenvalue weighted by atomic mass is 10.1. The number of hydrogen-bond donors (Lipinski definition) is 1. The van der Waals surface area contributed by atoms with Crippen LogP contribution in [0, 0.1) is 5.82 Å². The third kappa shape index (κ3) is 4.14. The molecular weight excluding hydrogens is 431 g/mol. The van der Waals surface area contributed by atoms with E-state index in [0.717, 1.165) is 21.9 Å². The summed E-state index contributed by atoms with van der Waals surface area (Å²) >= 11 is 7.21. The minimum Gasteiger partial charge on any atom is -0.450 e. The molecule has 4 amide bonds. The first-order chi connectivity index (χ1) is 14.4. The molecule has 1 aromatic heterocycles. The number of benzene rings is 2. The number of barbiturate groups is 1. The molecule has 1 fully saturated rings. The van der Waals surface area contributed by atoms with Crippen molar-refractivity contribution in [1.29, 1.82) is 0 Å². The van der Waals surface area contributed by atoms with E-state index in [2.05, 4.69) is 5.32 Å². The third-order valence-electron chi connectivity index (χ3n) is 4.11. The smallest absolute Gasteiger partial charge is 0.335 e. The van der Waals surface area contributed by atoms with E-state index in [1.54, 1.807) is 24.3 Å². The molecule has 9 heteroatoms. The molecule has 3 aromatic rings. The summed E-state index contributed by atoms with van der Waals surface area (Å²) in [7, 11) is 0. The third-order valence-corrected chi connectivity index (χ3v) is 5.29. The van der Waals surface area contributed by atoms with Gasteiger partial charge in [-0.25, -0.2) is 14.1 Å². The van der Waals surface area contributed by atoms with Crippen molar-refractivity contribution in [3.63, 3.8) is 0 Å². The van der Waals surface area contributed by atoms with Crippen LogP contribution < -0.4 is 10.2 Å². The maximum atomic E-state index is 13.2. The second kappa shape index (κ2) is 8.17. The number of nitrogens with zero attached hydrogens (tertiary/aromatic N) is 1. The molecule has 0 aliphatic carbocycles. The van der Waals surface area contributed by atoms with Crippen LogP contribution in [0.4, 0.5) is 14.9 Å². The average molecular weight is 443 g/mol. The molecule has 0 atom stereocenters. The van der Waals surface area contributed by atoms with Crippen molar-refractivity contribution in [3.8, 4) is 0 Å². The summed E-state index contributed by atoms with van der Waals surface area (Å²) in [6.45, 7) is 0. The molecule has 4 rings (SSSR count). The molecule has 1 aliphatic rings. The Morgan fingerprint density at radius 3 is 2.37 bits per heavy atom. The SMILES string of the molecule is O=C1NC(=O)N(c2ccc(F)cc2)C(=O)C1=Cc1ccc(Sc2ccc(Cl)cc2)o1. The molecule has 0 bridgehead atoms. The van der Waals surface area contributed by atoms with Crippen molar-refractivity contribution < 1.29 is 23.2 Å². The first kappa shape index (κ1) is 19.9. The molecule has 30 heavy (non-hydrogen) atoms. The number of rotatable bonds is 4. The fourth-order valence-electron chi connectivity index (χ4n) is 2.71. The number of anilines is 1. The first-order valence-corrected chi connectivity index (χ1v) is 9.80. The second-order valence-electron chi connectivity index (χ2n) is 6.15.